The first kappa shape index (κ1) is 14.6. The highest BCUT2D eigenvalue weighted by atomic mass is 16.5. The molecule has 0 atom stereocenters. The second-order valence-electron chi connectivity index (χ2n) is 5.05. The maximum absolute atomic E-state index is 5.87. The third kappa shape index (κ3) is 4.39. The molecule has 0 radical (unpaired) electrons. The van der Waals surface area contributed by atoms with Gasteiger partial charge in [0.15, 0.2) is 0 Å². The van der Waals surface area contributed by atoms with Gasteiger partial charge in [-0.05, 0) is 43.1 Å². The Bertz CT molecular complexity index is 519. The molecule has 0 aromatic heterocycles. The van der Waals surface area contributed by atoms with Crippen LogP contribution in [-0.2, 0) is 13.2 Å². The lowest BCUT2D eigenvalue weighted by Crippen LogP contribution is -2.15. The number of aryl methyl sites for hydroxylation is 1. The number of nitrogens with one attached hydrogen (secondary N) is 1. The molecule has 0 aliphatic heterocycles. The Labute approximate surface area is 121 Å². The molecule has 0 bridgehead atoms. The number of hydrogen-bond donors (Lipinski definition) is 1. The first-order chi connectivity index (χ1) is 9.79. The van der Waals surface area contributed by atoms with Crippen LogP contribution < -0.4 is 10.1 Å². The fourth-order valence-corrected chi connectivity index (χ4v) is 2.07. The topological polar surface area (TPSA) is 21.3 Å². The minimum absolute atomic E-state index is 0.618. The lowest BCUT2D eigenvalue weighted by molar-refractivity contribution is 0.304. The Balaban J connectivity index is 1.96. The molecule has 2 aromatic rings. The first-order valence-corrected chi connectivity index (χ1v) is 7.26. The molecular formula is C18H23NO. The van der Waals surface area contributed by atoms with Crippen molar-refractivity contribution in [3.8, 4) is 5.75 Å². The molecule has 0 heterocycles. The summed E-state index contributed by atoms with van der Waals surface area (Å²) >= 11 is 0. The monoisotopic (exact) mass is 269 g/mol. The van der Waals surface area contributed by atoms with Crippen molar-refractivity contribution in [3.05, 3.63) is 65.2 Å². The minimum Gasteiger partial charge on any atom is -0.489 e. The number of ether oxygens (including phenoxy) is 1. The lowest BCUT2D eigenvalue weighted by Gasteiger charge is -2.12. The van der Waals surface area contributed by atoms with Gasteiger partial charge in [0.25, 0.3) is 0 Å². The van der Waals surface area contributed by atoms with Crippen LogP contribution in [0.3, 0.4) is 0 Å². The minimum atomic E-state index is 0.618. The highest BCUT2D eigenvalue weighted by Gasteiger charge is 2.02. The van der Waals surface area contributed by atoms with Gasteiger partial charge in [0.05, 0.1) is 0 Å². The van der Waals surface area contributed by atoms with Crippen molar-refractivity contribution >= 4 is 0 Å². The molecule has 0 unspecified atom stereocenters. The summed E-state index contributed by atoms with van der Waals surface area (Å²) in [4.78, 5) is 0. The Morgan fingerprint density at radius 1 is 0.950 bits per heavy atom. The zero-order valence-electron chi connectivity index (χ0n) is 12.4. The van der Waals surface area contributed by atoms with Crippen LogP contribution in [0.15, 0.2) is 48.5 Å². The van der Waals surface area contributed by atoms with Gasteiger partial charge in [-0.3, -0.25) is 0 Å². The van der Waals surface area contributed by atoms with Gasteiger partial charge in [0, 0.05) is 6.54 Å². The van der Waals surface area contributed by atoms with Gasteiger partial charge in [-0.15, -0.1) is 0 Å². The number of rotatable bonds is 7. The predicted molar refractivity (Wildman–Crippen MR) is 84.0 cm³/mol. The molecule has 2 rings (SSSR count). The maximum atomic E-state index is 5.87. The van der Waals surface area contributed by atoms with Gasteiger partial charge in [-0.2, -0.15) is 0 Å². The fourth-order valence-electron chi connectivity index (χ4n) is 2.07. The summed E-state index contributed by atoms with van der Waals surface area (Å²) in [6.07, 6.45) is 1.15. The van der Waals surface area contributed by atoms with Crippen molar-refractivity contribution in [2.75, 3.05) is 6.54 Å². The Kier molecular flexibility index (Phi) is 5.63. The summed E-state index contributed by atoms with van der Waals surface area (Å²) in [6, 6.07) is 16.6. The van der Waals surface area contributed by atoms with Crippen LogP contribution in [0.4, 0.5) is 0 Å². The molecule has 0 amide bonds. The molecule has 2 nitrogen and oxygen atoms in total. The molecule has 0 fully saturated rings. The van der Waals surface area contributed by atoms with Crippen molar-refractivity contribution < 1.29 is 4.74 Å². The summed E-state index contributed by atoms with van der Waals surface area (Å²) in [6.45, 7) is 6.83. The molecule has 1 N–H and O–H groups in total. The van der Waals surface area contributed by atoms with E-state index in [-0.39, 0.29) is 0 Å². The summed E-state index contributed by atoms with van der Waals surface area (Å²) in [7, 11) is 0. The smallest absolute Gasteiger partial charge is 0.119 e. The van der Waals surface area contributed by atoms with Crippen molar-refractivity contribution in [2.24, 2.45) is 0 Å². The summed E-state index contributed by atoms with van der Waals surface area (Å²) in [5.74, 6) is 0.923. The van der Waals surface area contributed by atoms with Crippen molar-refractivity contribution in [3.63, 3.8) is 0 Å². The van der Waals surface area contributed by atoms with Gasteiger partial charge in [0.1, 0.15) is 12.4 Å². The zero-order chi connectivity index (χ0) is 14.2. The Morgan fingerprint density at radius 2 is 1.65 bits per heavy atom. The molecule has 106 valence electrons. The van der Waals surface area contributed by atoms with E-state index >= 15 is 0 Å². The van der Waals surface area contributed by atoms with Crippen molar-refractivity contribution in [1.82, 2.24) is 5.32 Å². The molecular weight excluding hydrogens is 246 g/mol. The SMILES string of the molecule is CCCNCc1ccccc1COc1ccc(C)cc1. The molecule has 0 saturated carbocycles. The fraction of sp³-hybridized carbons (Fsp3) is 0.333. The van der Waals surface area contributed by atoms with E-state index in [4.69, 9.17) is 4.74 Å². The second kappa shape index (κ2) is 7.71. The average molecular weight is 269 g/mol. The van der Waals surface area contributed by atoms with E-state index in [1.807, 2.05) is 12.1 Å². The van der Waals surface area contributed by atoms with E-state index in [0.29, 0.717) is 6.61 Å². The predicted octanol–water partition coefficient (Wildman–Crippen LogP) is 4.07. The largest absolute Gasteiger partial charge is 0.489 e. The van der Waals surface area contributed by atoms with Crippen LogP contribution in [-0.4, -0.2) is 6.54 Å². The van der Waals surface area contributed by atoms with Crippen LogP contribution in [0.2, 0.25) is 0 Å². The quantitative estimate of drug-likeness (QED) is 0.765. The number of benzene rings is 2. The Hall–Kier alpha value is -1.80. The van der Waals surface area contributed by atoms with Gasteiger partial charge >= 0.3 is 0 Å². The second-order valence-corrected chi connectivity index (χ2v) is 5.05. The van der Waals surface area contributed by atoms with E-state index in [9.17, 15) is 0 Å². The summed E-state index contributed by atoms with van der Waals surface area (Å²) in [5.41, 5.74) is 3.81. The standard InChI is InChI=1S/C18H23NO/c1-3-12-19-13-16-6-4-5-7-17(16)14-20-18-10-8-15(2)9-11-18/h4-11,19H,3,12-14H2,1-2H3. The van der Waals surface area contributed by atoms with E-state index in [2.05, 4.69) is 55.6 Å². The zero-order valence-corrected chi connectivity index (χ0v) is 12.4. The molecule has 20 heavy (non-hydrogen) atoms. The lowest BCUT2D eigenvalue weighted by atomic mass is 10.1. The van der Waals surface area contributed by atoms with Gasteiger partial charge in [0.2, 0.25) is 0 Å². The van der Waals surface area contributed by atoms with Gasteiger partial charge < -0.3 is 10.1 Å². The first-order valence-electron chi connectivity index (χ1n) is 7.26. The molecule has 2 aromatic carbocycles. The summed E-state index contributed by atoms with van der Waals surface area (Å²) in [5, 5.41) is 3.44. The molecule has 0 aliphatic rings. The van der Waals surface area contributed by atoms with Crippen LogP contribution in [0.25, 0.3) is 0 Å². The van der Waals surface area contributed by atoms with E-state index in [1.165, 1.54) is 16.7 Å². The molecule has 0 aliphatic carbocycles. The molecule has 0 spiro atoms. The third-order valence-electron chi connectivity index (χ3n) is 3.28. The van der Waals surface area contributed by atoms with Crippen LogP contribution >= 0.6 is 0 Å². The van der Waals surface area contributed by atoms with Gasteiger partial charge in [-0.25, -0.2) is 0 Å². The Morgan fingerprint density at radius 3 is 2.35 bits per heavy atom. The molecule has 0 saturated heterocycles. The van der Waals surface area contributed by atoms with Crippen molar-refractivity contribution in [1.29, 1.82) is 0 Å². The van der Waals surface area contributed by atoms with E-state index in [1.54, 1.807) is 0 Å². The normalized spacial score (nSPS) is 10.5. The molecule has 2 heteroatoms. The third-order valence-corrected chi connectivity index (χ3v) is 3.28. The average Bonchev–Trinajstić information content (AvgIpc) is 2.48. The highest BCUT2D eigenvalue weighted by molar-refractivity contribution is 5.29. The van der Waals surface area contributed by atoms with Crippen LogP contribution in [0.1, 0.15) is 30.0 Å². The van der Waals surface area contributed by atoms with Crippen LogP contribution in [0, 0.1) is 6.92 Å². The maximum Gasteiger partial charge on any atom is 0.119 e. The van der Waals surface area contributed by atoms with E-state index in [0.717, 1.165) is 25.3 Å². The van der Waals surface area contributed by atoms with Gasteiger partial charge in [-0.1, -0.05) is 48.9 Å². The van der Waals surface area contributed by atoms with E-state index < -0.39 is 0 Å². The summed E-state index contributed by atoms with van der Waals surface area (Å²) < 4.78 is 5.87. The highest BCUT2D eigenvalue weighted by Crippen LogP contribution is 2.15. The number of hydrogen-bond acceptors (Lipinski definition) is 2. The van der Waals surface area contributed by atoms with Crippen LogP contribution in [0.5, 0.6) is 5.75 Å². The van der Waals surface area contributed by atoms with Crippen molar-refractivity contribution in [2.45, 2.75) is 33.4 Å².